The largest absolute Gasteiger partial charge is 0.332 e. The molecule has 1 heterocycles. The Morgan fingerprint density at radius 1 is 1.31 bits per heavy atom. The van der Waals surface area contributed by atoms with Crippen molar-refractivity contribution in [1.82, 2.24) is 4.90 Å². The maximum Gasteiger partial charge on any atom is 0.246 e. The molecule has 16 heavy (non-hydrogen) atoms. The quantitative estimate of drug-likeness (QED) is 0.695. The van der Waals surface area contributed by atoms with E-state index in [-0.39, 0.29) is 11.9 Å². The first-order chi connectivity index (χ1) is 7.83. The maximum atomic E-state index is 11.8. The zero-order valence-electron chi connectivity index (χ0n) is 9.43. The van der Waals surface area contributed by atoms with Crippen LogP contribution in [-0.2, 0) is 4.79 Å². The molecule has 0 N–H and O–H groups in total. The van der Waals surface area contributed by atoms with Gasteiger partial charge in [-0.2, -0.15) is 0 Å². The maximum absolute atomic E-state index is 11.8. The monoisotopic (exact) mass is 215 g/mol. The molecule has 0 aromatic heterocycles. The van der Waals surface area contributed by atoms with E-state index in [1.807, 2.05) is 23.1 Å². The van der Waals surface area contributed by atoms with Crippen molar-refractivity contribution in [3.8, 4) is 0 Å². The summed E-state index contributed by atoms with van der Waals surface area (Å²) in [5, 5.41) is 0. The summed E-state index contributed by atoms with van der Waals surface area (Å²) in [7, 11) is 0. The van der Waals surface area contributed by atoms with Crippen molar-refractivity contribution in [3.05, 3.63) is 48.6 Å². The summed E-state index contributed by atoms with van der Waals surface area (Å²) in [5.74, 6) is 0.0496. The standard InChI is InChI=1S/C14H17NO/c1-2-14(16)15-11-7-6-10-13(15)12-8-4-3-5-9-12/h2-5,8-9,13H,1,6-7,10-11H2. The second kappa shape index (κ2) is 4.97. The molecule has 2 nitrogen and oxygen atoms in total. The lowest BCUT2D eigenvalue weighted by Crippen LogP contribution is -2.37. The average molecular weight is 215 g/mol. The molecule has 84 valence electrons. The minimum atomic E-state index is 0.0496. The number of amides is 1. The number of nitrogens with zero attached hydrogens (tertiary/aromatic N) is 1. The highest BCUT2D eigenvalue weighted by molar-refractivity contribution is 5.87. The molecule has 1 aliphatic rings. The van der Waals surface area contributed by atoms with Gasteiger partial charge in [0.1, 0.15) is 0 Å². The van der Waals surface area contributed by atoms with Crippen LogP contribution in [0.1, 0.15) is 30.9 Å². The van der Waals surface area contributed by atoms with E-state index in [1.54, 1.807) is 0 Å². The number of likely N-dealkylation sites (tertiary alicyclic amines) is 1. The highest BCUT2D eigenvalue weighted by atomic mass is 16.2. The summed E-state index contributed by atoms with van der Waals surface area (Å²) in [6.45, 7) is 4.42. The molecule has 2 heteroatoms. The summed E-state index contributed by atoms with van der Waals surface area (Å²) < 4.78 is 0. The van der Waals surface area contributed by atoms with E-state index in [0.717, 1.165) is 19.4 Å². The van der Waals surface area contributed by atoms with Crippen molar-refractivity contribution in [2.24, 2.45) is 0 Å². The van der Waals surface area contributed by atoms with E-state index in [0.29, 0.717) is 0 Å². The van der Waals surface area contributed by atoms with Crippen LogP contribution >= 0.6 is 0 Å². The van der Waals surface area contributed by atoms with E-state index >= 15 is 0 Å². The third kappa shape index (κ3) is 2.16. The summed E-state index contributed by atoms with van der Waals surface area (Å²) in [6, 6.07) is 10.5. The normalized spacial score (nSPS) is 20.5. The molecule has 1 atom stereocenters. The van der Waals surface area contributed by atoms with Gasteiger partial charge in [-0.25, -0.2) is 0 Å². The van der Waals surface area contributed by atoms with Gasteiger partial charge < -0.3 is 4.90 Å². The third-order valence-electron chi connectivity index (χ3n) is 3.14. The van der Waals surface area contributed by atoms with Gasteiger partial charge in [0.05, 0.1) is 6.04 Å². The molecular weight excluding hydrogens is 198 g/mol. The number of hydrogen-bond acceptors (Lipinski definition) is 1. The highest BCUT2D eigenvalue weighted by Crippen LogP contribution is 2.30. The van der Waals surface area contributed by atoms with Crippen LogP contribution in [0.25, 0.3) is 0 Å². The van der Waals surface area contributed by atoms with Gasteiger partial charge in [0.2, 0.25) is 5.91 Å². The first-order valence-corrected chi connectivity index (χ1v) is 5.81. The predicted molar refractivity (Wildman–Crippen MR) is 64.9 cm³/mol. The van der Waals surface area contributed by atoms with Crippen LogP contribution in [0.3, 0.4) is 0 Å². The Labute approximate surface area is 96.6 Å². The first-order valence-electron chi connectivity index (χ1n) is 5.81. The van der Waals surface area contributed by atoms with Crippen LogP contribution in [0.5, 0.6) is 0 Å². The van der Waals surface area contributed by atoms with Gasteiger partial charge in [-0.3, -0.25) is 4.79 Å². The molecule has 0 aliphatic carbocycles. The number of rotatable bonds is 2. The number of benzene rings is 1. The molecular formula is C14H17NO. The Morgan fingerprint density at radius 2 is 2.06 bits per heavy atom. The van der Waals surface area contributed by atoms with Gasteiger partial charge in [-0.1, -0.05) is 36.9 Å². The van der Waals surface area contributed by atoms with E-state index in [2.05, 4.69) is 18.7 Å². The lowest BCUT2D eigenvalue weighted by molar-refractivity contribution is -0.129. The van der Waals surface area contributed by atoms with Crippen LogP contribution in [0.4, 0.5) is 0 Å². The van der Waals surface area contributed by atoms with Crippen LogP contribution in [0, 0.1) is 0 Å². The fourth-order valence-corrected chi connectivity index (χ4v) is 2.33. The Bertz CT molecular complexity index is 372. The average Bonchev–Trinajstić information content (AvgIpc) is 2.39. The summed E-state index contributed by atoms with van der Waals surface area (Å²) in [5.41, 5.74) is 1.23. The highest BCUT2D eigenvalue weighted by Gasteiger charge is 2.25. The van der Waals surface area contributed by atoms with Gasteiger partial charge in [0, 0.05) is 6.54 Å². The molecule has 1 fully saturated rings. The molecule has 0 spiro atoms. The fourth-order valence-electron chi connectivity index (χ4n) is 2.33. The van der Waals surface area contributed by atoms with E-state index in [1.165, 1.54) is 18.1 Å². The summed E-state index contributed by atoms with van der Waals surface area (Å²) >= 11 is 0. The van der Waals surface area contributed by atoms with E-state index in [9.17, 15) is 4.79 Å². The fraction of sp³-hybridized carbons (Fsp3) is 0.357. The number of carbonyl (C=O) groups is 1. The van der Waals surface area contributed by atoms with Gasteiger partial charge in [0.15, 0.2) is 0 Å². The first kappa shape index (κ1) is 10.9. The third-order valence-corrected chi connectivity index (χ3v) is 3.14. The van der Waals surface area contributed by atoms with Crippen molar-refractivity contribution in [1.29, 1.82) is 0 Å². The van der Waals surface area contributed by atoms with E-state index in [4.69, 9.17) is 0 Å². The van der Waals surface area contributed by atoms with Crippen LogP contribution in [0.2, 0.25) is 0 Å². The van der Waals surface area contributed by atoms with Crippen molar-refractivity contribution < 1.29 is 4.79 Å². The molecule has 1 amide bonds. The lowest BCUT2D eigenvalue weighted by atomic mass is 9.95. The van der Waals surface area contributed by atoms with Crippen molar-refractivity contribution in [2.45, 2.75) is 25.3 Å². The molecule has 0 saturated carbocycles. The van der Waals surface area contributed by atoms with Gasteiger partial charge in [-0.05, 0) is 30.9 Å². The van der Waals surface area contributed by atoms with Crippen molar-refractivity contribution >= 4 is 5.91 Å². The Kier molecular flexibility index (Phi) is 3.40. The zero-order valence-corrected chi connectivity index (χ0v) is 9.43. The number of piperidine rings is 1. The molecule has 2 rings (SSSR count). The number of carbonyl (C=O) groups excluding carboxylic acids is 1. The smallest absolute Gasteiger partial charge is 0.246 e. The Hall–Kier alpha value is -1.57. The molecule has 1 aromatic rings. The van der Waals surface area contributed by atoms with E-state index < -0.39 is 0 Å². The predicted octanol–water partition coefficient (Wildman–Crippen LogP) is 2.93. The minimum Gasteiger partial charge on any atom is -0.332 e. The topological polar surface area (TPSA) is 20.3 Å². The lowest BCUT2D eigenvalue weighted by Gasteiger charge is -2.35. The molecule has 1 unspecified atom stereocenters. The number of hydrogen-bond donors (Lipinski definition) is 0. The van der Waals surface area contributed by atoms with Crippen LogP contribution < -0.4 is 0 Å². The summed E-state index contributed by atoms with van der Waals surface area (Å²) in [4.78, 5) is 13.7. The van der Waals surface area contributed by atoms with Gasteiger partial charge in [0.25, 0.3) is 0 Å². The van der Waals surface area contributed by atoms with Crippen molar-refractivity contribution in [2.75, 3.05) is 6.54 Å². The minimum absolute atomic E-state index is 0.0496. The second-order valence-corrected chi connectivity index (χ2v) is 4.16. The Balaban J connectivity index is 2.23. The molecule has 1 saturated heterocycles. The molecule has 1 aliphatic heterocycles. The summed E-state index contributed by atoms with van der Waals surface area (Å²) in [6.07, 6.45) is 4.77. The molecule has 0 bridgehead atoms. The van der Waals surface area contributed by atoms with Crippen molar-refractivity contribution in [3.63, 3.8) is 0 Å². The van der Waals surface area contributed by atoms with Gasteiger partial charge in [-0.15, -0.1) is 0 Å². The second-order valence-electron chi connectivity index (χ2n) is 4.16. The SMILES string of the molecule is C=CC(=O)N1CCCCC1c1ccccc1. The van der Waals surface area contributed by atoms with Crippen LogP contribution in [0.15, 0.2) is 43.0 Å². The van der Waals surface area contributed by atoms with Crippen LogP contribution in [-0.4, -0.2) is 17.4 Å². The van der Waals surface area contributed by atoms with Gasteiger partial charge >= 0.3 is 0 Å². The zero-order chi connectivity index (χ0) is 11.4. The molecule has 1 aromatic carbocycles. The molecule has 0 radical (unpaired) electrons. The Morgan fingerprint density at radius 3 is 2.75 bits per heavy atom.